The number of anilines is 4. The van der Waals surface area contributed by atoms with Crippen LogP contribution in [0.15, 0.2) is 97.2 Å². The molecule has 5 N–H and O–H groups in total. The Morgan fingerprint density at radius 1 is 0.907 bits per heavy atom. The summed E-state index contributed by atoms with van der Waals surface area (Å²) < 4.78 is 21.2. The monoisotopic (exact) mass is 577 g/mol. The van der Waals surface area contributed by atoms with E-state index in [2.05, 4.69) is 31.0 Å². The summed E-state index contributed by atoms with van der Waals surface area (Å²) in [6, 6.07) is 24.5. The predicted octanol–water partition coefficient (Wildman–Crippen LogP) is 6.85. The third-order valence-corrected chi connectivity index (χ3v) is 6.40. The summed E-state index contributed by atoms with van der Waals surface area (Å²) in [6.45, 7) is 1.96. The van der Waals surface area contributed by atoms with Crippen molar-refractivity contribution >= 4 is 39.9 Å². The van der Waals surface area contributed by atoms with E-state index in [-0.39, 0.29) is 23.5 Å². The summed E-state index contributed by atoms with van der Waals surface area (Å²) in [4.78, 5) is 21.5. The summed E-state index contributed by atoms with van der Waals surface area (Å²) in [5.41, 5.74) is 2.61. The number of hydrogen-bond donors (Lipinski definition) is 5. The predicted molar refractivity (Wildman–Crippen MR) is 160 cm³/mol. The second-order valence-electron chi connectivity index (χ2n) is 9.48. The molecule has 2 aromatic heterocycles. The van der Waals surface area contributed by atoms with Gasteiger partial charge in [0.05, 0.1) is 11.4 Å². The summed E-state index contributed by atoms with van der Waals surface area (Å²) in [5.74, 6) is -0.320. The lowest BCUT2D eigenvalue weighted by atomic mass is 10.1. The van der Waals surface area contributed by atoms with Crippen molar-refractivity contribution in [3.8, 4) is 28.9 Å². The lowest BCUT2D eigenvalue weighted by molar-refractivity contribution is 0.262. The highest BCUT2D eigenvalue weighted by molar-refractivity contribution is 6.07. The molecule has 2 heterocycles. The van der Waals surface area contributed by atoms with E-state index in [0.29, 0.717) is 33.6 Å². The zero-order valence-electron chi connectivity index (χ0n) is 22.6. The highest BCUT2D eigenvalue weighted by Gasteiger charge is 2.15. The van der Waals surface area contributed by atoms with Gasteiger partial charge in [-0.1, -0.05) is 42.0 Å². The van der Waals surface area contributed by atoms with Gasteiger partial charge in [0.2, 0.25) is 17.7 Å². The molecule has 0 aliphatic rings. The fourth-order valence-electron chi connectivity index (χ4n) is 4.37. The van der Waals surface area contributed by atoms with Crippen LogP contribution in [0.4, 0.5) is 32.3 Å². The molecule has 6 aromatic rings. The number of phenols is 1. The Morgan fingerprint density at radius 3 is 2.49 bits per heavy atom. The second kappa shape index (κ2) is 11.4. The molecular weight excluding hydrogens is 553 g/mol. The minimum Gasteiger partial charge on any atom is -0.505 e. The molecule has 6 rings (SSSR count). The van der Waals surface area contributed by atoms with Crippen molar-refractivity contribution in [3.05, 3.63) is 109 Å². The standard InChI is InChI=1S/C31H24FN7O4/c1-18-6-9-20(10-7-18)39-27(17-28(41)38-39)36-31(42)35-24-11-13-26(22-5-3-2-4-21(22)24)43-29-14-15-33-30(37-29)34-19-8-12-25(40)23(32)16-19/h2-17,40H,1H3,(H,38,41)(H,33,34,37)(H2,35,36,42). The van der Waals surface area contributed by atoms with Crippen LogP contribution in [-0.4, -0.2) is 36.0 Å². The minimum atomic E-state index is -0.777. The Labute approximate surface area is 244 Å². The maximum absolute atomic E-state index is 13.7. The molecule has 11 nitrogen and oxygen atoms in total. The van der Waals surface area contributed by atoms with Gasteiger partial charge in [0, 0.05) is 40.9 Å². The number of urea groups is 1. The first kappa shape index (κ1) is 27.0. The second-order valence-corrected chi connectivity index (χ2v) is 9.48. The van der Waals surface area contributed by atoms with Crippen LogP contribution in [0, 0.1) is 12.7 Å². The zero-order chi connectivity index (χ0) is 29.9. The van der Waals surface area contributed by atoms with Crippen LogP contribution < -0.4 is 20.7 Å². The van der Waals surface area contributed by atoms with Gasteiger partial charge in [0.25, 0.3) is 0 Å². The van der Waals surface area contributed by atoms with E-state index in [1.165, 1.54) is 29.1 Å². The van der Waals surface area contributed by atoms with Crippen molar-refractivity contribution in [2.75, 3.05) is 16.0 Å². The molecule has 0 spiro atoms. The van der Waals surface area contributed by atoms with E-state index in [4.69, 9.17) is 4.74 Å². The van der Waals surface area contributed by atoms with E-state index in [9.17, 15) is 19.4 Å². The summed E-state index contributed by atoms with van der Waals surface area (Å²) >= 11 is 0. The highest BCUT2D eigenvalue weighted by atomic mass is 19.1. The molecule has 0 atom stereocenters. The third-order valence-electron chi connectivity index (χ3n) is 6.40. The Hall–Kier alpha value is -6.17. The van der Waals surface area contributed by atoms with Gasteiger partial charge in [-0.15, -0.1) is 5.10 Å². The summed E-state index contributed by atoms with van der Waals surface area (Å²) in [5, 5.41) is 33.4. The van der Waals surface area contributed by atoms with Crippen LogP contribution in [0.25, 0.3) is 16.5 Å². The normalized spacial score (nSPS) is 10.8. The molecule has 4 aromatic carbocycles. The molecule has 214 valence electrons. The van der Waals surface area contributed by atoms with E-state index in [1.54, 1.807) is 18.2 Å². The number of aryl methyl sites for hydroxylation is 1. The molecule has 2 amide bonds. The van der Waals surface area contributed by atoms with Gasteiger partial charge >= 0.3 is 6.03 Å². The Kier molecular flexibility index (Phi) is 7.15. The first-order valence-corrected chi connectivity index (χ1v) is 13.0. The molecule has 0 aliphatic heterocycles. The number of nitrogens with zero attached hydrogens (tertiary/aromatic N) is 4. The maximum Gasteiger partial charge on any atom is 0.324 e. The smallest absolute Gasteiger partial charge is 0.324 e. The molecular formula is C31H24FN7O4. The number of ether oxygens (including phenoxy) is 1. The minimum absolute atomic E-state index is 0.165. The highest BCUT2D eigenvalue weighted by Crippen LogP contribution is 2.34. The number of carbonyl (C=O) groups excluding carboxylic acids is 1. The van der Waals surface area contributed by atoms with Crippen LogP contribution >= 0.6 is 0 Å². The van der Waals surface area contributed by atoms with Gasteiger partial charge in [0.15, 0.2) is 11.6 Å². The molecule has 0 unspecified atom stereocenters. The van der Waals surface area contributed by atoms with Crippen LogP contribution in [0.2, 0.25) is 0 Å². The Morgan fingerprint density at radius 2 is 1.70 bits per heavy atom. The van der Waals surface area contributed by atoms with Crippen molar-refractivity contribution in [1.82, 2.24) is 19.7 Å². The van der Waals surface area contributed by atoms with Crippen LogP contribution in [0.5, 0.6) is 23.3 Å². The van der Waals surface area contributed by atoms with Crippen molar-refractivity contribution in [3.63, 3.8) is 0 Å². The average Bonchev–Trinajstić information content (AvgIpc) is 3.36. The average molecular weight is 578 g/mol. The molecule has 43 heavy (non-hydrogen) atoms. The SMILES string of the molecule is Cc1ccc(-n2nc(O)cc2NC(=O)Nc2ccc(Oc3ccnc(Nc4ccc(O)c(F)c4)n3)c3ccccc23)cc1. The molecule has 0 radical (unpaired) electrons. The quantitative estimate of drug-likeness (QED) is 0.129. The number of phenolic OH excluding ortho intramolecular Hbond substituents is 1. The summed E-state index contributed by atoms with van der Waals surface area (Å²) in [6.07, 6.45) is 1.49. The van der Waals surface area contributed by atoms with Crippen LogP contribution in [-0.2, 0) is 0 Å². The fraction of sp³-hybridized carbons (Fsp3) is 0.0323. The number of hydrogen-bond acceptors (Lipinski definition) is 8. The molecule has 0 bridgehead atoms. The molecule has 12 heteroatoms. The molecule has 0 saturated carbocycles. The number of aromatic nitrogens is 4. The Balaban J connectivity index is 1.21. The van der Waals surface area contributed by atoms with E-state index >= 15 is 0 Å². The fourth-order valence-corrected chi connectivity index (χ4v) is 4.37. The number of nitrogens with one attached hydrogen (secondary N) is 3. The van der Waals surface area contributed by atoms with E-state index < -0.39 is 17.6 Å². The van der Waals surface area contributed by atoms with Crippen LogP contribution in [0.1, 0.15) is 5.56 Å². The van der Waals surface area contributed by atoms with E-state index in [1.807, 2.05) is 55.5 Å². The molecule has 0 saturated heterocycles. The van der Waals surface area contributed by atoms with Crippen LogP contribution in [0.3, 0.4) is 0 Å². The number of aromatic hydroxyl groups is 2. The van der Waals surface area contributed by atoms with Crippen molar-refractivity contribution in [2.24, 2.45) is 0 Å². The van der Waals surface area contributed by atoms with Gasteiger partial charge in [-0.3, -0.25) is 5.32 Å². The number of amides is 2. The van der Waals surface area contributed by atoms with Crippen molar-refractivity contribution < 1.29 is 24.1 Å². The lowest BCUT2D eigenvalue weighted by Gasteiger charge is -2.14. The van der Waals surface area contributed by atoms with Crippen molar-refractivity contribution in [1.29, 1.82) is 0 Å². The first-order valence-electron chi connectivity index (χ1n) is 13.0. The van der Waals surface area contributed by atoms with E-state index in [0.717, 1.165) is 11.6 Å². The Bertz CT molecular complexity index is 1960. The number of fused-ring (bicyclic) bond motifs is 1. The number of rotatable bonds is 7. The lowest BCUT2D eigenvalue weighted by Crippen LogP contribution is -2.21. The van der Waals surface area contributed by atoms with Gasteiger partial charge in [0.1, 0.15) is 11.6 Å². The molecule has 0 aliphatic carbocycles. The first-order chi connectivity index (χ1) is 20.8. The maximum atomic E-state index is 13.7. The number of benzene rings is 4. The largest absolute Gasteiger partial charge is 0.505 e. The topological polar surface area (TPSA) is 146 Å². The van der Waals surface area contributed by atoms with Gasteiger partial charge in [-0.25, -0.2) is 18.9 Å². The zero-order valence-corrected chi connectivity index (χ0v) is 22.6. The van der Waals surface area contributed by atoms with Crippen molar-refractivity contribution in [2.45, 2.75) is 6.92 Å². The third kappa shape index (κ3) is 5.98. The summed E-state index contributed by atoms with van der Waals surface area (Å²) in [7, 11) is 0. The number of halogens is 1. The van der Waals surface area contributed by atoms with Gasteiger partial charge in [-0.05, 0) is 43.3 Å². The number of carbonyl (C=O) groups is 1. The molecule has 0 fully saturated rings. The van der Waals surface area contributed by atoms with Gasteiger partial charge < -0.3 is 25.6 Å². The van der Waals surface area contributed by atoms with Gasteiger partial charge in [-0.2, -0.15) is 4.98 Å².